The number of hydrogen-bond donors (Lipinski definition) is 0. The predicted molar refractivity (Wildman–Crippen MR) is 68.6 cm³/mol. The van der Waals surface area contributed by atoms with E-state index < -0.39 is 0 Å². The topological polar surface area (TPSA) is 26.3 Å². The molecule has 1 atom stereocenters. The average molecular weight is 232 g/mol. The molecule has 1 aliphatic rings. The summed E-state index contributed by atoms with van der Waals surface area (Å²) >= 11 is 0. The van der Waals surface area contributed by atoms with Crippen LogP contribution in [0.25, 0.3) is 0 Å². The smallest absolute Gasteiger partial charge is 0.165 e. The Labute approximate surface area is 103 Å². The first kappa shape index (κ1) is 12.2. The molecule has 2 rings (SSSR count). The van der Waals surface area contributed by atoms with Crippen LogP contribution in [-0.4, -0.2) is 11.9 Å². The van der Waals surface area contributed by atoms with E-state index in [1.807, 2.05) is 18.2 Å². The summed E-state index contributed by atoms with van der Waals surface area (Å²) in [6.07, 6.45) is 2.99. The maximum absolute atomic E-state index is 12.2. The van der Waals surface area contributed by atoms with E-state index in [4.69, 9.17) is 4.74 Å². The number of fused-ring (bicyclic) bond motifs is 1. The van der Waals surface area contributed by atoms with Gasteiger partial charge in [0, 0.05) is 17.9 Å². The number of hydrogen-bond acceptors (Lipinski definition) is 2. The number of ether oxygens (including phenoxy) is 1. The molecular weight excluding hydrogens is 212 g/mol. The third-order valence-electron chi connectivity index (χ3n) is 3.54. The van der Waals surface area contributed by atoms with E-state index in [-0.39, 0.29) is 17.8 Å². The third kappa shape index (κ3) is 2.36. The van der Waals surface area contributed by atoms with Gasteiger partial charge in [-0.25, -0.2) is 0 Å². The molecule has 0 saturated carbocycles. The summed E-state index contributed by atoms with van der Waals surface area (Å²) in [5.41, 5.74) is 2.02. The van der Waals surface area contributed by atoms with Gasteiger partial charge in [-0.3, -0.25) is 4.79 Å². The summed E-state index contributed by atoms with van der Waals surface area (Å²) in [6, 6.07) is 5.85. The van der Waals surface area contributed by atoms with Crippen LogP contribution in [0.2, 0.25) is 0 Å². The van der Waals surface area contributed by atoms with Crippen molar-refractivity contribution in [3.63, 3.8) is 0 Å². The molecule has 0 amide bonds. The summed E-state index contributed by atoms with van der Waals surface area (Å²) in [5, 5.41) is 0. The Balaban J connectivity index is 2.24. The van der Waals surface area contributed by atoms with Crippen molar-refractivity contribution in [3.05, 3.63) is 29.3 Å². The van der Waals surface area contributed by atoms with Crippen LogP contribution >= 0.6 is 0 Å². The van der Waals surface area contributed by atoms with Gasteiger partial charge in [0.25, 0.3) is 0 Å². The van der Waals surface area contributed by atoms with Crippen LogP contribution in [0.5, 0.6) is 5.75 Å². The monoisotopic (exact) mass is 232 g/mol. The fourth-order valence-electron chi connectivity index (χ4n) is 2.47. The van der Waals surface area contributed by atoms with E-state index >= 15 is 0 Å². The Hall–Kier alpha value is -1.31. The highest BCUT2D eigenvalue weighted by Gasteiger charge is 2.22. The number of benzene rings is 1. The van der Waals surface area contributed by atoms with Crippen molar-refractivity contribution in [1.82, 2.24) is 0 Å². The summed E-state index contributed by atoms with van der Waals surface area (Å²) in [5.74, 6) is 1.38. The van der Waals surface area contributed by atoms with Gasteiger partial charge in [0.2, 0.25) is 0 Å². The minimum absolute atomic E-state index is 0.160. The highest BCUT2D eigenvalue weighted by Crippen LogP contribution is 2.30. The molecule has 1 aromatic carbocycles. The lowest BCUT2D eigenvalue weighted by molar-refractivity contribution is 0.0913. The van der Waals surface area contributed by atoms with Crippen LogP contribution in [0, 0.1) is 5.92 Å². The van der Waals surface area contributed by atoms with Crippen LogP contribution in [0.4, 0.5) is 0 Å². The molecule has 0 aromatic heterocycles. The zero-order chi connectivity index (χ0) is 12.4. The van der Waals surface area contributed by atoms with Gasteiger partial charge in [-0.15, -0.1) is 0 Å². The van der Waals surface area contributed by atoms with Crippen LogP contribution in [0.1, 0.15) is 49.5 Å². The lowest BCUT2D eigenvalue weighted by atomic mass is 9.92. The van der Waals surface area contributed by atoms with Crippen LogP contribution < -0.4 is 4.74 Å². The minimum Gasteiger partial charge on any atom is -0.490 e. The molecule has 1 aromatic rings. The first-order valence-electron chi connectivity index (χ1n) is 6.49. The molecule has 0 aliphatic carbocycles. The van der Waals surface area contributed by atoms with E-state index in [2.05, 4.69) is 20.8 Å². The van der Waals surface area contributed by atoms with Gasteiger partial charge < -0.3 is 4.74 Å². The minimum atomic E-state index is 0.160. The summed E-state index contributed by atoms with van der Waals surface area (Å²) in [6.45, 7) is 6.21. The zero-order valence-corrected chi connectivity index (χ0v) is 10.8. The average Bonchev–Trinajstić information content (AvgIpc) is 2.69. The molecule has 2 heteroatoms. The number of ketones is 1. The highest BCUT2D eigenvalue weighted by molar-refractivity contribution is 5.98. The fourth-order valence-corrected chi connectivity index (χ4v) is 2.47. The number of rotatable bonds is 4. The van der Waals surface area contributed by atoms with Crippen LogP contribution in [0.15, 0.2) is 18.2 Å². The SMILES string of the molecule is CCC(CC)C(=O)c1ccc2c(c1)CC(C)O2. The maximum Gasteiger partial charge on any atom is 0.165 e. The molecule has 2 nitrogen and oxygen atoms in total. The Morgan fingerprint density at radius 3 is 2.76 bits per heavy atom. The second kappa shape index (κ2) is 4.91. The van der Waals surface area contributed by atoms with E-state index in [1.54, 1.807) is 0 Å². The Morgan fingerprint density at radius 1 is 1.41 bits per heavy atom. The fraction of sp³-hybridized carbons (Fsp3) is 0.533. The van der Waals surface area contributed by atoms with E-state index in [9.17, 15) is 4.79 Å². The highest BCUT2D eigenvalue weighted by atomic mass is 16.5. The van der Waals surface area contributed by atoms with Crippen molar-refractivity contribution in [3.8, 4) is 5.75 Å². The quantitative estimate of drug-likeness (QED) is 0.741. The second-order valence-corrected chi connectivity index (χ2v) is 4.83. The van der Waals surface area contributed by atoms with Gasteiger partial charge in [-0.2, -0.15) is 0 Å². The van der Waals surface area contributed by atoms with Crippen molar-refractivity contribution in [2.75, 3.05) is 0 Å². The first-order chi connectivity index (χ1) is 8.15. The molecule has 1 aliphatic heterocycles. The molecular formula is C15H20O2. The molecule has 1 heterocycles. The van der Waals surface area contributed by atoms with E-state index in [0.29, 0.717) is 0 Å². The summed E-state index contributed by atoms with van der Waals surface area (Å²) < 4.78 is 5.64. The van der Waals surface area contributed by atoms with Crippen molar-refractivity contribution in [1.29, 1.82) is 0 Å². The number of Topliss-reactive ketones (excluding diaryl/α,β-unsaturated/α-hetero) is 1. The molecule has 0 N–H and O–H groups in total. The van der Waals surface area contributed by atoms with Crippen LogP contribution in [-0.2, 0) is 6.42 Å². The normalized spacial score (nSPS) is 18.0. The molecule has 0 spiro atoms. The standard InChI is InChI=1S/C15H20O2/c1-4-11(5-2)15(16)12-6-7-14-13(9-12)8-10(3)17-14/h6-7,9-11H,4-5,8H2,1-3H3. The largest absolute Gasteiger partial charge is 0.490 e. The Morgan fingerprint density at radius 2 is 2.12 bits per heavy atom. The molecule has 0 radical (unpaired) electrons. The van der Waals surface area contributed by atoms with Gasteiger partial charge in [-0.05, 0) is 43.5 Å². The van der Waals surface area contributed by atoms with Gasteiger partial charge in [0.05, 0.1) is 0 Å². The first-order valence-corrected chi connectivity index (χ1v) is 6.49. The van der Waals surface area contributed by atoms with Gasteiger partial charge >= 0.3 is 0 Å². The lowest BCUT2D eigenvalue weighted by Gasteiger charge is -2.11. The molecule has 0 saturated heterocycles. The van der Waals surface area contributed by atoms with Gasteiger partial charge in [0.1, 0.15) is 11.9 Å². The number of carbonyl (C=O) groups excluding carboxylic acids is 1. The maximum atomic E-state index is 12.2. The molecule has 92 valence electrons. The predicted octanol–water partition coefficient (Wildman–Crippen LogP) is 3.63. The lowest BCUT2D eigenvalue weighted by Crippen LogP contribution is -2.13. The van der Waals surface area contributed by atoms with Gasteiger partial charge in [0.15, 0.2) is 5.78 Å². The van der Waals surface area contributed by atoms with Crippen LogP contribution in [0.3, 0.4) is 0 Å². The van der Waals surface area contributed by atoms with Gasteiger partial charge in [-0.1, -0.05) is 13.8 Å². The summed E-state index contributed by atoms with van der Waals surface area (Å²) in [4.78, 5) is 12.2. The Bertz CT molecular complexity index is 419. The second-order valence-electron chi connectivity index (χ2n) is 4.83. The Kier molecular flexibility index (Phi) is 3.51. The molecule has 1 unspecified atom stereocenters. The molecule has 0 bridgehead atoms. The molecule has 0 fully saturated rings. The summed E-state index contributed by atoms with van der Waals surface area (Å²) in [7, 11) is 0. The zero-order valence-electron chi connectivity index (χ0n) is 10.8. The van der Waals surface area contributed by atoms with E-state index in [1.165, 1.54) is 5.56 Å². The van der Waals surface area contributed by atoms with Crippen molar-refractivity contribution in [2.45, 2.75) is 46.1 Å². The molecule has 17 heavy (non-hydrogen) atoms. The van der Waals surface area contributed by atoms with Crippen molar-refractivity contribution < 1.29 is 9.53 Å². The van der Waals surface area contributed by atoms with E-state index in [0.717, 1.165) is 30.6 Å². The van der Waals surface area contributed by atoms with Crippen molar-refractivity contribution in [2.24, 2.45) is 5.92 Å². The van der Waals surface area contributed by atoms with Crippen molar-refractivity contribution >= 4 is 5.78 Å². The number of carbonyl (C=O) groups is 1. The third-order valence-corrected chi connectivity index (χ3v) is 3.54.